The minimum absolute atomic E-state index is 0.00810. The fourth-order valence-corrected chi connectivity index (χ4v) is 1.23. The molecule has 1 unspecified atom stereocenters. The summed E-state index contributed by atoms with van der Waals surface area (Å²) in [5.41, 5.74) is 0.00810. The number of likely N-dealkylation sites (N-methyl/N-ethyl adjacent to an activating group) is 1. The Bertz CT molecular complexity index is 372. The second-order valence-corrected chi connectivity index (χ2v) is 3.04. The van der Waals surface area contributed by atoms with E-state index in [2.05, 4.69) is 10.4 Å². The third-order valence-electron chi connectivity index (χ3n) is 1.99. The van der Waals surface area contributed by atoms with Crippen LogP contribution in [0.1, 0.15) is 30.4 Å². The van der Waals surface area contributed by atoms with Gasteiger partial charge in [0, 0.05) is 12.7 Å². The maximum Gasteiger partial charge on any atom is 0.354 e. The summed E-state index contributed by atoms with van der Waals surface area (Å²) in [4.78, 5) is 22.2. The Hall–Kier alpha value is -1.85. The van der Waals surface area contributed by atoms with Gasteiger partial charge in [-0.1, -0.05) is 0 Å². The molecule has 0 aliphatic rings. The largest absolute Gasteiger partial charge is 0.477 e. The Morgan fingerprint density at radius 1 is 1.67 bits per heavy atom. The molecule has 0 radical (unpaired) electrons. The summed E-state index contributed by atoms with van der Waals surface area (Å²) in [6, 6.07) is 0.740. The smallest absolute Gasteiger partial charge is 0.354 e. The molecule has 15 heavy (non-hydrogen) atoms. The lowest BCUT2D eigenvalue weighted by Crippen LogP contribution is -2.32. The Morgan fingerprint density at radius 2 is 2.33 bits per heavy atom. The molecule has 6 heteroatoms. The average molecular weight is 211 g/mol. The monoisotopic (exact) mass is 211 g/mol. The van der Waals surface area contributed by atoms with Gasteiger partial charge in [-0.25, -0.2) is 9.48 Å². The van der Waals surface area contributed by atoms with E-state index in [1.807, 2.05) is 0 Å². The first-order valence-electron chi connectivity index (χ1n) is 4.62. The topological polar surface area (TPSA) is 84.2 Å². The molecule has 0 fully saturated rings. The van der Waals surface area contributed by atoms with Crippen molar-refractivity contribution >= 4 is 11.9 Å². The van der Waals surface area contributed by atoms with Crippen LogP contribution in [0.15, 0.2) is 12.3 Å². The van der Waals surface area contributed by atoms with Gasteiger partial charge >= 0.3 is 5.97 Å². The minimum Gasteiger partial charge on any atom is -0.477 e. The molecule has 82 valence electrons. The third kappa shape index (κ3) is 2.34. The number of hydrogen-bond donors (Lipinski definition) is 2. The summed E-state index contributed by atoms with van der Waals surface area (Å²) in [6.45, 7) is 3.91. The molecule has 0 bridgehead atoms. The highest BCUT2D eigenvalue weighted by Crippen LogP contribution is 2.08. The predicted molar refractivity (Wildman–Crippen MR) is 52.6 cm³/mol. The Morgan fingerprint density at radius 3 is 2.87 bits per heavy atom. The summed E-state index contributed by atoms with van der Waals surface area (Å²) < 4.78 is 1.19. The molecule has 0 aromatic carbocycles. The van der Waals surface area contributed by atoms with E-state index in [-0.39, 0.29) is 11.6 Å². The van der Waals surface area contributed by atoms with Gasteiger partial charge in [0.25, 0.3) is 0 Å². The number of aromatic nitrogens is 2. The quantitative estimate of drug-likeness (QED) is 0.749. The molecule has 1 aromatic rings. The molecule has 1 atom stereocenters. The van der Waals surface area contributed by atoms with Crippen LogP contribution >= 0.6 is 0 Å². The summed E-state index contributed by atoms with van der Waals surface area (Å²) in [5.74, 6) is -1.34. The third-order valence-corrected chi connectivity index (χ3v) is 1.99. The first-order chi connectivity index (χ1) is 7.07. The van der Waals surface area contributed by atoms with Crippen LogP contribution in [0.25, 0.3) is 0 Å². The van der Waals surface area contributed by atoms with E-state index < -0.39 is 12.0 Å². The van der Waals surface area contributed by atoms with Gasteiger partial charge in [-0.15, -0.1) is 0 Å². The second kappa shape index (κ2) is 4.59. The molecule has 1 rings (SSSR count). The van der Waals surface area contributed by atoms with E-state index in [9.17, 15) is 9.59 Å². The van der Waals surface area contributed by atoms with Crippen LogP contribution in [0.2, 0.25) is 0 Å². The first kappa shape index (κ1) is 11.2. The molecule has 0 aliphatic carbocycles. The van der Waals surface area contributed by atoms with E-state index >= 15 is 0 Å². The van der Waals surface area contributed by atoms with Crippen LogP contribution in [0.4, 0.5) is 0 Å². The van der Waals surface area contributed by atoms with Crippen LogP contribution in [0.5, 0.6) is 0 Å². The normalized spacial score (nSPS) is 12.1. The molecule has 1 amide bonds. The van der Waals surface area contributed by atoms with Gasteiger partial charge in [0.05, 0.1) is 0 Å². The van der Waals surface area contributed by atoms with Crippen molar-refractivity contribution < 1.29 is 14.7 Å². The fourth-order valence-electron chi connectivity index (χ4n) is 1.23. The van der Waals surface area contributed by atoms with E-state index in [0.717, 1.165) is 0 Å². The zero-order chi connectivity index (χ0) is 11.4. The van der Waals surface area contributed by atoms with Gasteiger partial charge in [0.15, 0.2) is 0 Å². The van der Waals surface area contributed by atoms with Crippen LogP contribution in [-0.4, -0.2) is 33.3 Å². The molecule has 0 aliphatic heterocycles. The van der Waals surface area contributed by atoms with Crippen molar-refractivity contribution in [2.24, 2.45) is 0 Å². The number of rotatable bonds is 4. The zero-order valence-corrected chi connectivity index (χ0v) is 8.60. The summed E-state index contributed by atoms with van der Waals surface area (Å²) in [6.07, 6.45) is 1.36. The van der Waals surface area contributed by atoms with E-state index in [1.165, 1.54) is 16.9 Å². The van der Waals surface area contributed by atoms with Crippen molar-refractivity contribution in [2.45, 2.75) is 19.9 Å². The van der Waals surface area contributed by atoms with E-state index in [4.69, 9.17) is 5.11 Å². The highest BCUT2D eigenvalue weighted by atomic mass is 16.4. The lowest BCUT2D eigenvalue weighted by atomic mass is 10.3. The van der Waals surface area contributed by atoms with Gasteiger partial charge in [0.1, 0.15) is 11.7 Å². The molecular formula is C9H13N3O3. The number of aromatic carboxylic acids is 1. The molecule has 6 nitrogen and oxygen atoms in total. The number of nitrogens with zero attached hydrogens (tertiary/aromatic N) is 2. The molecule has 0 saturated carbocycles. The van der Waals surface area contributed by atoms with Crippen molar-refractivity contribution in [1.29, 1.82) is 0 Å². The van der Waals surface area contributed by atoms with Crippen molar-refractivity contribution in [3.8, 4) is 0 Å². The Balaban J connectivity index is 2.90. The number of carboxylic acids is 1. The van der Waals surface area contributed by atoms with Gasteiger partial charge in [-0.05, 0) is 19.9 Å². The van der Waals surface area contributed by atoms with E-state index in [1.54, 1.807) is 13.8 Å². The Kier molecular flexibility index (Phi) is 3.43. The van der Waals surface area contributed by atoms with Crippen LogP contribution < -0.4 is 5.32 Å². The standard InChI is InChI=1S/C9H13N3O3/c1-3-10-8(13)6(2)12-7(9(14)15)4-5-11-12/h4-6H,3H2,1-2H3,(H,10,13)(H,14,15). The maximum absolute atomic E-state index is 11.5. The summed E-state index contributed by atoms with van der Waals surface area (Å²) in [7, 11) is 0. The average Bonchev–Trinajstić information content (AvgIpc) is 2.65. The number of carbonyl (C=O) groups is 2. The minimum atomic E-state index is -1.09. The molecule has 1 heterocycles. The van der Waals surface area contributed by atoms with Gasteiger partial charge in [-0.2, -0.15) is 5.10 Å². The van der Waals surface area contributed by atoms with Gasteiger partial charge in [0.2, 0.25) is 5.91 Å². The van der Waals surface area contributed by atoms with Crippen LogP contribution in [-0.2, 0) is 4.79 Å². The highest BCUT2D eigenvalue weighted by molar-refractivity contribution is 5.87. The van der Waals surface area contributed by atoms with Crippen LogP contribution in [0, 0.1) is 0 Å². The molecule has 0 saturated heterocycles. The number of amides is 1. The van der Waals surface area contributed by atoms with Crippen molar-refractivity contribution in [1.82, 2.24) is 15.1 Å². The Labute approximate surface area is 86.9 Å². The lowest BCUT2D eigenvalue weighted by molar-refractivity contribution is -0.124. The van der Waals surface area contributed by atoms with E-state index in [0.29, 0.717) is 6.54 Å². The molecular weight excluding hydrogens is 198 g/mol. The number of hydrogen-bond acceptors (Lipinski definition) is 3. The second-order valence-electron chi connectivity index (χ2n) is 3.04. The maximum atomic E-state index is 11.5. The zero-order valence-electron chi connectivity index (χ0n) is 8.60. The van der Waals surface area contributed by atoms with Crippen molar-refractivity contribution in [3.05, 3.63) is 18.0 Å². The SMILES string of the molecule is CCNC(=O)C(C)n1nccc1C(=O)O. The number of carboxylic acid groups (broad SMARTS) is 1. The molecule has 2 N–H and O–H groups in total. The predicted octanol–water partition coefficient (Wildman–Crippen LogP) is 0.278. The molecule has 0 spiro atoms. The fraction of sp³-hybridized carbons (Fsp3) is 0.444. The van der Waals surface area contributed by atoms with Gasteiger partial charge in [-0.3, -0.25) is 4.79 Å². The van der Waals surface area contributed by atoms with Crippen molar-refractivity contribution in [3.63, 3.8) is 0 Å². The summed E-state index contributed by atoms with van der Waals surface area (Å²) >= 11 is 0. The van der Waals surface area contributed by atoms with Crippen molar-refractivity contribution in [2.75, 3.05) is 6.54 Å². The van der Waals surface area contributed by atoms with Gasteiger partial charge < -0.3 is 10.4 Å². The van der Waals surface area contributed by atoms with Crippen LogP contribution in [0.3, 0.4) is 0 Å². The lowest BCUT2D eigenvalue weighted by Gasteiger charge is -2.13. The number of nitrogens with one attached hydrogen (secondary N) is 1. The summed E-state index contributed by atoms with van der Waals surface area (Å²) in [5, 5.41) is 15.2. The molecule has 1 aromatic heterocycles. The highest BCUT2D eigenvalue weighted by Gasteiger charge is 2.20. The number of carbonyl (C=O) groups excluding carboxylic acids is 1. The first-order valence-corrected chi connectivity index (χ1v) is 4.62.